The first-order valence-corrected chi connectivity index (χ1v) is 7.63. The van der Waals surface area contributed by atoms with Crippen LogP contribution in [0.1, 0.15) is 40.6 Å². The van der Waals surface area contributed by atoms with Crippen LogP contribution in [0.15, 0.2) is 12.3 Å². The van der Waals surface area contributed by atoms with Gasteiger partial charge in [0.05, 0.1) is 6.61 Å². The fourth-order valence-electron chi connectivity index (χ4n) is 2.98. The van der Waals surface area contributed by atoms with E-state index in [-0.39, 0.29) is 17.1 Å². The molecule has 1 fully saturated rings. The molecule has 6 heteroatoms. The molecule has 22 heavy (non-hydrogen) atoms. The third kappa shape index (κ3) is 3.75. The Hall–Kier alpha value is -1.66. The number of nitrogens with zero attached hydrogens (tertiary/aromatic N) is 1. The summed E-state index contributed by atoms with van der Waals surface area (Å²) in [5.74, 6) is -0.187. The van der Waals surface area contributed by atoms with Crippen LogP contribution in [0.4, 0.5) is 0 Å². The summed E-state index contributed by atoms with van der Waals surface area (Å²) in [7, 11) is 3.47. The topological polar surface area (TPSA) is 72.4 Å². The molecule has 0 aliphatic carbocycles. The number of amides is 1. The van der Waals surface area contributed by atoms with E-state index in [4.69, 9.17) is 4.74 Å². The average Bonchev–Trinajstić information content (AvgIpc) is 2.89. The summed E-state index contributed by atoms with van der Waals surface area (Å²) in [5.41, 5.74) is 1.05. The van der Waals surface area contributed by atoms with E-state index in [1.165, 1.54) is 6.92 Å². The summed E-state index contributed by atoms with van der Waals surface area (Å²) >= 11 is 0. The number of hydrogen-bond donors (Lipinski definition) is 2. The van der Waals surface area contributed by atoms with Crippen LogP contribution in [0.2, 0.25) is 0 Å². The number of aromatic nitrogens is 1. The summed E-state index contributed by atoms with van der Waals surface area (Å²) in [6.07, 6.45) is 3.65. The second kappa shape index (κ2) is 7.07. The molecule has 1 amide bonds. The molecule has 0 atom stereocenters. The summed E-state index contributed by atoms with van der Waals surface area (Å²) in [6, 6.07) is 1.64. The molecular weight excluding hydrogens is 282 g/mol. The molecule has 122 valence electrons. The first-order valence-electron chi connectivity index (χ1n) is 7.63. The maximum absolute atomic E-state index is 12.4. The molecule has 1 aromatic rings. The molecule has 1 aromatic heterocycles. The van der Waals surface area contributed by atoms with Crippen LogP contribution >= 0.6 is 0 Å². The Morgan fingerprint density at radius 3 is 2.64 bits per heavy atom. The molecule has 2 N–H and O–H groups in total. The van der Waals surface area contributed by atoms with Crippen molar-refractivity contribution in [3.05, 3.63) is 23.5 Å². The monoisotopic (exact) mass is 307 g/mol. The Labute approximate surface area is 131 Å². The van der Waals surface area contributed by atoms with Gasteiger partial charge in [0, 0.05) is 37.9 Å². The van der Waals surface area contributed by atoms with Gasteiger partial charge in [-0.05, 0) is 38.9 Å². The van der Waals surface area contributed by atoms with Gasteiger partial charge in [-0.2, -0.15) is 0 Å². The summed E-state index contributed by atoms with van der Waals surface area (Å²) < 4.78 is 7.04. The Morgan fingerprint density at radius 1 is 1.41 bits per heavy atom. The van der Waals surface area contributed by atoms with Gasteiger partial charge < -0.3 is 19.9 Å². The fourth-order valence-corrected chi connectivity index (χ4v) is 2.98. The smallest absolute Gasteiger partial charge is 0.267 e. The highest BCUT2D eigenvalue weighted by Gasteiger charge is 2.32. The molecule has 6 nitrogen and oxygen atoms in total. The largest absolute Gasteiger partial charge is 0.384 e. The van der Waals surface area contributed by atoms with Gasteiger partial charge in [-0.15, -0.1) is 0 Å². The zero-order chi connectivity index (χ0) is 16.2. The summed E-state index contributed by atoms with van der Waals surface area (Å²) in [6.45, 7) is 4.61. The minimum Gasteiger partial charge on any atom is -0.384 e. The number of Topliss-reactive ketones (excluding diaryl/α,β-unsaturated/α-hetero) is 1. The molecule has 2 heterocycles. The second-order valence-electron chi connectivity index (χ2n) is 6.15. The van der Waals surface area contributed by atoms with Crippen molar-refractivity contribution in [3.63, 3.8) is 0 Å². The second-order valence-corrected chi connectivity index (χ2v) is 6.15. The fraction of sp³-hybridized carbons (Fsp3) is 0.625. The number of nitrogens with one attached hydrogen (secondary N) is 2. The number of piperidine rings is 1. The average molecular weight is 307 g/mol. The van der Waals surface area contributed by atoms with Crippen molar-refractivity contribution in [1.29, 1.82) is 0 Å². The Balaban J connectivity index is 2.03. The number of ketones is 1. The van der Waals surface area contributed by atoms with Crippen molar-refractivity contribution in [2.75, 3.05) is 33.4 Å². The van der Waals surface area contributed by atoms with Crippen molar-refractivity contribution in [3.8, 4) is 0 Å². The minimum absolute atomic E-state index is 0.00969. The van der Waals surface area contributed by atoms with E-state index in [9.17, 15) is 9.59 Å². The third-order valence-electron chi connectivity index (χ3n) is 4.38. The molecule has 1 aliphatic rings. The van der Waals surface area contributed by atoms with Gasteiger partial charge in [0.1, 0.15) is 5.69 Å². The number of rotatable bonds is 6. The molecule has 0 radical (unpaired) electrons. The quantitative estimate of drug-likeness (QED) is 0.768. The Morgan fingerprint density at radius 2 is 2.09 bits per heavy atom. The number of carbonyl (C=O) groups is 2. The van der Waals surface area contributed by atoms with E-state index in [2.05, 4.69) is 10.6 Å². The van der Waals surface area contributed by atoms with Crippen LogP contribution in [0.3, 0.4) is 0 Å². The lowest BCUT2D eigenvalue weighted by Gasteiger charge is -2.37. The van der Waals surface area contributed by atoms with E-state index in [0.717, 1.165) is 25.9 Å². The molecule has 0 saturated carbocycles. The standard InChI is InChI=1S/C16H25N3O3/c1-12(20)13-8-14(19(2)9-13)15(21)18-10-16(11-22-3)4-6-17-7-5-16/h8-9,17H,4-7,10-11H2,1-3H3,(H,18,21). The third-order valence-corrected chi connectivity index (χ3v) is 4.38. The van der Waals surface area contributed by atoms with Crippen LogP contribution in [-0.4, -0.2) is 49.6 Å². The predicted octanol–water partition coefficient (Wildman–Crippen LogP) is 0.974. The van der Waals surface area contributed by atoms with E-state index in [1.54, 1.807) is 31.0 Å². The van der Waals surface area contributed by atoms with Crippen LogP contribution in [0, 0.1) is 5.41 Å². The highest BCUT2D eigenvalue weighted by molar-refractivity contribution is 5.99. The zero-order valence-corrected chi connectivity index (χ0v) is 13.6. The van der Waals surface area contributed by atoms with Gasteiger partial charge in [-0.1, -0.05) is 0 Å². The maximum Gasteiger partial charge on any atom is 0.267 e. The first-order chi connectivity index (χ1) is 10.5. The molecule has 0 spiro atoms. The molecule has 1 saturated heterocycles. The lowest BCUT2D eigenvalue weighted by molar-refractivity contribution is 0.0510. The van der Waals surface area contributed by atoms with Crippen LogP contribution in [-0.2, 0) is 11.8 Å². The van der Waals surface area contributed by atoms with Gasteiger partial charge >= 0.3 is 0 Å². The molecule has 1 aliphatic heterocycles. The van der Waals surface area contributed by atoms with Crippen molar-refractivity contribution in [2.24, 2.45) is 12.5 Å². The van der Waals surface area contributed by atoms with Crippen molar-refractivity contribution in [1.82, 2.24) is 15.2 Å². The highest BCUT2D eigenvalue weighted by atomic mass is 16.5. The van der Waals surface area contributed by atoms with Crippen LogP contribution in [0.5, 0.6) is 0 Å². The van der Waals surface area contributed by atoms with Crippen LogP contribution in [0.25, 0.3) is 0 Å². The Kier molecular flexibility index (Phi) is 5.37. The van der Waals surface area contributed by atoms with Crippen molar-refractivity contribution in [2.45, 2.75) is 19.8 Å². The number of carbonyl (C=O) groups excluding carboxylic acids is 2. The lowest BCUT2D eigenvalue weighted by Crippen LogP contribution is -2.47. The first kappa shape index (κ1) is 16.7. The van der Waals surface area contributed by atoms with Gasteiger partial charge in [0.25, 0.3) is 5.91 Å². The lowest BCUT2D eigenvalue weighted by atomic mass is 9.79. The van der Waals surface area contributed by atoms with E-state index in [1.807, 2.05) is 0 Å². The Bertz CT molecular complexity index is 539. The van der Waals surface area contributed by atoms with Gasteiger partial charge in [-0.3, -0.25) is 9.59 Å². The minimum atomic E-state index is -0.149. The molecule has 0 aromatic carbocycles. The van der Waals surface area contributed by atoms with Gasteiger partial charge in [0.15, 0.2) is 5.78 Å². The number of ether oxygens (including phenoxy) is 1. The molecule has 0 bridgehead atoms. The zero-order valence-electron chi connectivity index (χ0n) is 13.6. The van der Waals surface area contributed by atoms with Crippen molar-refractivity contribution >= 4 is 11.7 Å². The van der Waals surface area contributed by atoms with Crippen molar-refractivity contribution < 1.29 is 14.3 Å². The van der Waals surface area contributed by atoms with Gasteiger partial charge in [0.2, 0.25) is 0 Å². The summed E-state index contributed by atoms with van der Waals surface area (Å²) in [5, 5.41) is 6.34. The predicted molar refractivity (Wildman–Crippen MR) is 84.2 cm³/mol. The maximum atomic E-state index is 12.4. The molecule has 2 rings (SSSR count). The summed E-state index contributed by atoms with van der Waals surface area (Å²) in [4.78, 5) is 23.8. The normalized spacial score (nSPS) is 17.2. The van der Waals surface area contributed by atoms with E-state index in [0.29, 0.717) is 24.4 Å². The molecule has 0 unspecified atom stereocenters. The van der Waals surface area contributed by atoms with E-state index >= 15 is 0 Å². The number of methoxy groups -OCH3 is 1. The van der Waals surface area contributed by atoms with E-state index < -0.39 is 0 Å². The number of hydrogen-bond acceptors (Lipinski definition) is 4. The molecular formula is C16H25N3O3. The SMILES string of the molecule is COCC1(CNC(=O)c2cc(C(C)=O)cn2C)CCNCC1. The number of aryl methyl sites for hydroxylation is 1. The van der Waals surface area contributed by atoms with Gasteiger partial charge in [-0.25, -0.2) is 0 Å². The van der Waals surface area contributed by atoms with Crippen LogP contribution < -0.4 is 10.6 Å². The highest BCUT2D eigenvalue weighted by Crippen LogP contribution is 2.28.